The van der Waals surface area contributed by atoms with Crippen molar-refractivity contribution in [3.8, 4) is 0 Å². The SMILES string of the molecule is CC(O)(CO)CNc1nc2ccc(N)cc2o1. The summed E-state index contributed by atoms with van der Waals surface area (Å²) in [4.78, 5) is 4.17. The van der Waals surface area contributed by atoms with Crippen molar-refractivity contribution in [3.05, 3.63) is 18.2 Å². The molecule has 0 aliphatic rings. The van der Waals surface area contributed by atoms with Gasteiger partial charge in [0.05, 0.1) is 6.61 Å². The van der Waals surface area contributed by atoms with Crippen LogP contribution in [0.5, 0.6) is 0 Å². The molecule has 0 bridgehead atoms. The Morgan fingerprint density at radius 3 is 3.00 bits per heavy atom. The summed E-state index contributed by atoms with van der Waals surface area (Å²) < 4.78 is 5.39. The third-order valence-electron chi connectivity index (χ3n) is 2.37. The minimum atomic E-state index is -1.21. The Hall–Kier alpha value is -1.79. The maximum Gasteiger partial charge on any atom is 0.295 e. The lowest BCUT2D eigenvalue weighted by atomic mass is 10.1. The average molecular weight is 237 g/mol. The first-order valence-electron chi connectivity index (χ1n) is 5.23. The molecule has 17 heavy (non-hydrogen) atoms. The minimum Gasteiger partial charge on any atom is -0.423 e. The van der Waals surface area contributed by atoms with E-state index >= 15 is 0 Å². The smallest absolute Gasteiger partial charge is 0.295 e. The quantitative estimate of drug-likeness (QED) is 0.579. The number of fused-ring (bicyclic) bond motifs is 1. The number of nitrogen functional groups attached to an aromatic ring is 1. The molecule has 0 aliphatic heterocycles. The molecule has 6 heteroatoms. The number of oxazole rings is 1. The van der Waals surface area contributed by atoms with Gasteiger partial charge in [0.2, 0.25) is 0 Å². The van der Waals surface area contributed by atoms with Crippen molar-refractivity contribution in [2.24, 2.45) is 0 Å². The normalized spacial score (nSPS) is 14.8. The molecule has 0 saturated carbocycles. The van der Waals surface area contributed by atoms with Crippen LogP contribution in [0, 0.1) is 0 Å². The largest absolute Gasteiger partial charge is 0.423 e. The molecule has 0 amide bonds. The van der Waals surface area contributed by atoms with E-state index in [0.29, 0.717) is 22.8 Å². The predicted octanol–water partition coefficient (Wildman–Crippen LogP) is 0.565. The van der Waals surface area contributed by atoms with Crippen LogP contribution in [0.2, 0.25) is 0 Å². The van der Waals surface area contributed by atoms with E-state index in [1.807, 2.05) is 0 Å². The van der Waals surface area contributed by atoms with Crippen LogP contribution in [0.3, 0.4) is 0 Å². The summed E-state index contributed by atoms with van der Waals surface area (Å²) >= 11 is 0. The van der Waals surface area contributed by atoms with Gasteiger partial charge in [-0.15, -0.1) is 0 Å². The van der Waals surface area contributed by atoms with Crippen molar-refractivity contribution in [1.29, 1.82) is 0 Å². The van der Waals surface area contributed by atoms with Gasteiger partial charge >= 0.3 is 0 Å². The topological polar surface area (TPSA) is 105 Å². The Morgan fingerprint density at radius 2 is 2.29 bits per heavy atom. The number of nitrogens with two attached hydrogens (primary N) is 1. The molecule has 1 unspecified atom stereocenters. The van der Waals surface area contributed by atoms with E-state index in [9.17, 15) is 5.11 Å². The van der Waals surface area contributed by atoms with Gasteiger partial charge in [-0.3, -0.25) is 0 Å². The fourth-order valence-electron chi connectivity index (χ4n) is 1.34. The number of benzene rings is 1. The lowest BCUT2D eigenvalue weighted by Gasteiger charge is -2.19. The Balaban J connectivity index is 2.15. The standard InChI is InChI=1S/C11H15N3O3/c1-11(16,6-15)5-13-10-14-8-3-2-7(12)4-9(8)17-10/h2-4,15-16H,5-6,12H2,1H3,(H,13,14). The second-order valence-corrected chi connectivity index (χ2v) is 4.25. The molecule has 1 aromatic carbocycles. The number of hydrogen-bond acceptors (Lipinski definition) is 6. The number of nitrogens with one attached hydrogen (secondary N) is 1. The van der Waals surface area contributed by atoms with E-state index in [2.05, 4.69) is 10.3 Å². The highest BCUT2D eigenvalue weighted by molar-refractivity contribution is 5.78. The zero-order valence-electron chi connectivity index (χ0n) is 9.47. The molecule has 2 rings (SSSR count). The van der Waals surface area contributed by atoms with Gasteiger partial charge in [-0.05, 0) is 19.1 Å². The fraction of sp³-hybridized carbons (Fsp3) is 0.364. The Bertz CT molecular complexity index is 522. The Kier molecular flexibility index (Phi) is 2.91. The maximum absolute atomic E-state index is 9.60. The molecular weight excluding hydrogens is 222 g/mol. The molecule has 1 heterocycles. The zero-order chi connectivity index (χ0) is 12.5. The first-order chi connectivity index (χ1) is 8.00. The molecule has 5 N–H and O–H groups in total. The number of aliphatic hydroxyl groups is 2. The summed E-state index contributed by atoms with van der Waals surface area (Å²) in [5.74, 6) is 0. The van der Waals surface area contributed by atoms with Crippen molar-refractivity contribution < 1.29 is 14.6 Å². The van der Waals surface area contributed by atoms with Gasteiger partial charge in [-0.2, -0.15) is 4.98 Å². The first-order valence-corrected chi connectivity index (χ1v) is 5.23. The van der Waals surface area contributed by atoms with Gasteiger partial charge < -0.3 is 25.7 Å². The number of anilines is 2. The number of aliphatic hydroxyl groups excluding tert-OH is 1. The van der Waals surface area contributed by atoms with Crippen molar-refractivity contribution in [2.75, 3.05) is 24.2 Å². The molecule has 2 aromatic rings. The fourth-order valence-corrected chi connectivity index (χ4v) is 1.34. The van der Waals surface area contributed by atoms with Crippen molar-refractivity contribution in [3.63, 3.8) is 0 Å². The van der Waals surface area contributed by atoms with Gasteiger partial charge in [0.1, 0.15) is 11.1 Å². The third kappa shape index (κ3) is 2.66. The monoisotopic (exact) mass is 237 g/mol. The van der Waals surface area contributed by atoms with E-state index in [0.717, 1.165) is 0 Å². The van der Waals surface area contributed by atoms with Crippen LogP contribution in [0.4, 0.5) is 11.7 Å². The van der Waals surface area contributed by atoms with E-state index in [4.69, 9.17) is 15.3 Å². The van der Waals surface area contributed by atoms with Crippen LogP contribution in [0.1, 0.15) is 6.92 Å². The van der Waals surface area contributed by atoms with Crippen LogP contribution in [-0.4, -0.2) is 33.9 Å². The molecule has 0 spiro atoms. The molecule has 0 aliphatic carbocycles. The van der Waals surface area contributed by atoms with Gasteiger partial charge in [0, 0.05) is 18.3 Å². The van der Waals surface area contributed by atoms with Crippen molar-refractivity contribution in [1.82, 2.24) is 4.98 Å². The van der Waals surface area contributed by atoms with Crippen LogP contribution >= 0.6 is 0 Å². The van der Waals surface area contributed by atoms with Crippen LogP contribution in [-0.2, 0) is 0 Å². The number of nitrogens with zero attached hydrogens (tertiary/aromatic N) is 1. The van der Waals surface area contributed by atoms with E-state index in [1.54, 1.807) is 18.2 Å². The molecule has 1 atom stereocenters. The summed E-state index contributed by atoms with van der Waals surface area (Å²) in [6.07, 6.45) is 0. The second kappa shape index (κ2) is 4.23. The van der Waals surface area contributed by atoms with E-state index < -0.39 is 5.60 Å². The summed E-state index contributed by atoms with van der Waals surface area (Å²) in [5, 5.41) is 21.3. The van der Waals surface area contributed by atoms with Crippen molar-refractivity contribution >= 4 is 22.8 Å². The summed E-state index contributed by atoms with van der Waals surface area (Å²) in [6.45, 7) is 1.32. The van der Waals surface area contributed by atoms with E-state index in [-0.39, 0.29) is 13.2 Å². The predicted molar refractivity (Wildman–Crippen MR) is 64.6 cm³/mol. The van der Waals surface area contributed by atoms with Crippen LogP contribution < -0.4 is 11.1 Å². The second-order valence-electron chi connectivity index (χ2n) is 4.25. The van der Waals surface area contributed by atoms with Gasteiger partial charge in [0.25, 0.3) is 6.01 Å². The molecule has 92 valence electrons. The average Bonchev–Trinajstić information content (AvgIpc) is 2.68. The summed E-state index contributed by atoms with van der Waals surface area (Å²) in [6, 6.07) is 5.46. The van der Waals surface area contributed by atoms with Crippen molar-refractivity contribution in [2.45, 2.75) is 12.5 Å². The minimum absolute atomic E-state index is 0.145. The Morgan fingerprint density at radius 1 is 1.53 bits per heavy atom. The molecule has 1 aromatic heterocycles. The maximum atomic E-state index is 9.60. The molecule has 0 saturated heterocycles. The number of aromatic nitrogens is 1. The summed E-state index contributed by atoms with van der Waals surface area (Å²) in [5.41, 5.74) is 6.27. The lowest BCUT2D eigenvalue weighted by Crippen LogP contribution is -2.37. The summed E-state index contributed by atoms with van der Waals surface area (Å²) in [7, 11) is 0. The first kappa shape index (κ1) is 11.7. The lowest BCUT2D eigenvalue weighted by molar-refractivity contribution is 0.0129. The zero-order valence-corrected chi connectivity index (χ0v) is 9.47. The van der Waals surface area contributed by atoms with Crippen LogP contribution in [0.25, 0.3) is 11.1 Å². The number of hydrogen-bond donors (Lipinski definition) is 4. The van der Waals surface area contributed by atoms with Gasteiger partial charge in [-0.25, -0.2) is 0 Å². The number of rotatable bonds is 4. The highest BCUT2D eigenvalue weighted by atomic mass is 16.4. The molecule has 0 fully saturated rings. The highest BCUT2D eigenvalue weighted by Gasteiger charge is 2.19. The van der Waals surface area contributed by atoms with Gasteiger partial charge in [-0.1, -0.05) is 0 Å². The Labute approximate surface area is 98.1 Å². The molecular formula is C11H15N3O3. The van der Waals surface area contributed by atoms with Gasteiger partial charge in [0.15, 0.2) is 5.58 Å². The molecule has 0 radical (unpaired) electrons. The highest BCUT2D eigenvalue weighted by Crippen LogP contribution is 2.21. The third-order valence-corrected chi connectivity index (χ3v) is 2.37. The van der Waals surface area contributed by atoms with Crippen LogP contribution in [0.15, 0.2) is 22.6 Å². The molecule has 6 nitrogen and oxygen atoms in total. The van der Waals surface area contributed by atoms with E-state index in [1.165, 1.54) is 6.92 Å².